The van der Waals surface area contributed by atoms with E-state index in [0.29, 0.717) is 23.4 Å². The largest absolute Gasteiger partial charge is 0.548 e. The number of carboxylic acids is 1. The van der Waals surface area contributed by atoms with Crippen LogP contribution in [0.4, 0.5) is 5.69 Å². The van der Waals surface area contributed by atoms with Crippen molar-refractivity contribution in [3.63, 3.8) is 0 Å². The summed E-state index contributed by atoms with van der Waals surface area (Å²) in [4.78, 5) is 14.2. The Bertz CT molecular complexity index is 883. The molecule has 8 heteroatoms. The summed E-state index contributed by atoms with van der Waals surface area (Å²) in [6.07, 6.45) is 3.24. The van der Waals surface area contributed by atoms with E-state index in [1.54, 1.807) is 30.3 Å². The molecule has 1 atom stereocenters. The summed E-state index contributed by atoms with van der Waals surface area (Å²) in [6.45, 7) is 5.82. The number of carbonyl (C=O) groups excluding carboxylic acids is 1. The Morgan fingerprint density at radius 2 is 1.90 bits per heavy atom. The lowest BCUT2D eigenvalue weighted by Gasteiger charge is -2.23. The number of hydrogen-bond donors (Lipinski definition) is 3. The molecule has 2 aromatic carbocycles. The van der Waals surface area contributed by atoms with Gasteiger partial charge < -0.3 is 25.7 Å². The fourth-order valence-corrected chi connectivity index (χ4v) is 3.68. The van der Waals surface area contributed by atoms with Crippen LogP contribution in [0.1, 0.15) is 42.5 Å². The van der Waals surface area contributed by atoms with Crippen LogP contribution in [0.2, 0.25) is 0 Å². The van der Waals surface area contributed by atoms with Gasteiger partial charge in [0.1, 0.15) is 18.2 Å². The van der Waals surface area contributed by atoms with Crippen LogP contribution in [0, 0.1) is 5.41 Å². The first-order valence-electron chi connectivity index (χ1n) is 10.4. The van der Waals surface area contributed by atoms with E-state index in [1.807, 2.05) is 19.1 Å². The summed E-state index contributed by atoms with van der Waals surface area (Å²) in [5.41, 5.74) is 8.22. The second-order valence-corrected chi connectivity index (χ2v) is 7.51. The molecule has 0 radical (unpaired) electrons. The third-order valence-electron chi connectivity index (χ3n) is 5.41. The SMILES string of the molecule is CCc1cc(C(Nc2ccc(C(=N)N)cc2)C(=O)[O-])ccc1OCCN1CCCC1.Cl. The van der Waals surface area contributed by atoms with Gasteiger partial charge >= 0.3 is 0 Å². The lowest BCUT2D eigenvalue weighted by atomic mass is 10.0. The van der Waals surface area contributed by atoms with Crippen LogP contribution in [0.3, 0.4) is 0 Å². The van der Waals surface area contributed by atoms with E-state index in [4.69, 9.17) is 15.9 Å². The van der Waals surface area contributed by atoms with E-state index >= 15 is 0 Å². The van der Waals surface area contributed by atoms with Gasteiger partial charge in [-0.2, -0.15) is 0 Å². The molecule has 0 amide bonds. The number of ether oxygens (including phenoxy) is 1. The smallest absolute Gasteiger partial charge is 0.122 e. The maximum Gasteiger partial charge on any atom is 0.122 e. The van der Waals surface area contributed by atoms with E-state index < -0.39 is 12.0 Å². The number of likely N-dealkylation sites (tertiary alicyclic amines) is 1. The molecule has 0 spiro atoms. The molecule has 0 aromatic heterocycles. The van der Waals surface area contributed by atoms with E-state index in [1.165, 1.54) is 12.8 Å². The van der Waals surface area contributed by atoms with Crippen LogP contribution < -0.4 is 20.9 Å². The van der Waals surface area contributed by atoms with Crippen LogP contribution in [0.25, 0.3) is 0 Å². The molecule has 168 valence electrons. The molecule has 2 aromatic rings. The number of carboxylic acid groups (broad SMARTS) is 1. The van der Waals surface area contributed by atoms with Crippen molar-refractivity contribution in [3.8, 4) is 5.75 Å². The summed E-state index contributed by atoms with van der Waals surface area (Å²) in [5.74, 6) is -0.454. The first kappa shape index (κ1) is 24.5. The van der Waals surface area contributed by atoms with Crippen LogP contribution >= 0.6 is 12.4 Å². The Labute approximate surface area is 189 Å². The minimum Gasteiger partial charge on any atom is -0.548 e. The normalized spacial score (nSPS) is 14.5. The molecule has 0 saturated carbocycles. The molecule has 0 aliphatic carbocycles. The van der Waals surface area contributed by atoms with E-state index in [0.717, 1.165) is 37.4 Å². The van der Waals surface area contributed by atoms with Crippen LogP contribution in [0.5, 0.6) is 5.75 Å². The minimum absolute atomic E-state index is 0. The zero-order valence-electron chi connectivity index (χ0n) is 17.7. The second kappa shape index (κ2) is 11.6. The predicted molar refractivity (Wildman–Crippen MR) is 123 cm³/mol. The first-order valence-corrected chi connectivity index (χ1v) is 10.4. The fraction of sp³-hybridized carbons (Fsp3) is 0.391. The summed E-state index contributed by atoms with van der Waals surface area (Å²) in [5, 5.41) is 22.3. The van der Waals surface area contributed by atoms with Gasteiger partial charge in [0.05, 0.1) is 12.0 Å². The lowest BCUT2D eigenvalue weighted by molar-refractivity contribution is -0.307. The molecule has 4 N–H and O–H groups in total. The molecular weight excluding hydrogens is 416 g/mol. The van der Waals surface area contributed by atoms with Gasteiger partial charge in [-0.15, -0.1) is 12.4 Å². The van der Waals surface area contributed by atoms with Gasteiger partial charge in [0.2, 0.25) is 0 Å². The molecule has 1 fully saturated rings. The molecule has 7 nitrogen and oxygen atoms in total. The summed E-state index contributed by atoms with van der Waals surface area (Å²) in [6, 6.07) is 11.2. The number of carbonyl (C=O) groups is 1. The Hall–Kier alpha value is -2.77. The topological polar surface area (TPSA) is 114 Å². The molecule has 1 unspecified atom stereocenters. The maximum absolute atomic E-state index is 11.8. The minimum atomic E-state index is -1.21. The number of rotatable bonds is 10. The van der Waals surface area contributed by atoms with Crippen molar-refractivity contribution in [2.45, 2.75) is 32.2 Å². The number of nitrogens with zero attached hydrogens (tertiary/aromatic N) is 1. The molecule has 3 rings (SSSR count). The van der Waals surface area contributed by atoms with E-state index in [2.05, 4.69) is 10.2 Å². The van der Waals surface area contributed by atoms with Gasteiger partial charge in [-0.3, -0.25) is 10.3 Å². The highest BCUT2D eigenvalue weighted by Crippen LogP contribution is 2.26. The lowest BCUT2D eigenvalue weighted by Crippen LogP contribution is -2.34. The number of nitrogens with one attached hydrogen (secondary N) is 2. The number of anilines is 1. The van der Waals surface area contributed by atoms with Crippen LogP contribution in [-0.4, -0.2) is 42.9 Å². The van der Waals surface area contributed by atoms with Crippen LogP contribution in [-0.2, 0) is 11.2 Å². The summed E-state index contributed by atoms with van der Waals surface area (Å²) in [7, 11) is 0. The van der Waals surface area contributed by atoms with Gasteiger partial charge in [-0.25, -0.2) is 0 Å². The van der Waals surface area contributed by atoms with Gasteiger partial charge in [0.15, 0.2) is 0 Å². The third kappa shape index (κ3) is 6.60. The van der Waals surface area contributed by atoms with Crippen molar-refractivity contribution >= 4 is 29.9 Å². The summed E-state index contributed by atoms with van der Waals surface area (Å²) < 4.78 is 5.98. The number of aryl methyl sites for hydroxylation is 1. The molecule has 1 aliphatic rings. The van der Waals surface area contributed by atoms with Crippen LogP contribution in [0.15, 0.2) is 42.5 Å². The number of benzene rings is 2. The average Bonchev–Trinajstić information content (AvgIpc) is 3.26. The molecule has 0 bridgehead atoms. The van der Waals surface area contributed by atoms with Crippen molar-refractivity contribution < 1.29 is 14.6 Å². The van der Waals surface area contributed by atoms with Crippen molar-refractivity contribution in [1.82, 2.24) is 4.90 Å². The van der Waals surface area contributed by atoms with Gasteiger partial charge in [-0.05, 0) is 79.9 Å². The average molecular weight is 446 g/mol. The molecule has 1 saturated heterocycles. The zero-order valence-corrected chi connectivity index (χ0v) is 18.5. The standard InChI is InChI=1S/C23H30N4O3.ClH/c1-2-16-15-18(7-10-20(16)30-14-13-27-11-3-4-12-27)21(23(28)29)26-19-8-5-17(6-9-19)22(24)25;/h5-10,15,21,26H,2-4,11-14H2,1H3,(H3,24,25)(H,28,29);1H/p-1. The molecule has 31 heavy (non-hydrogen) atoms. The summed E-state index contributed by atoms with van der Waals surface area (Å²) >= 11 is 0. The second-order valence-electron chi connectivity index (χ2n) is 7.51. The third-order valence-corrected chi connectivity index (χ3v) is 5.41. The van der Waals surface area contributed by atoms with Gasteiger partial charge in [0.25, 0.3) is 0 Å². The highest BCUT2D eigenvalue weighted by molar-refractivity contribution is 5.95. The number of amidine groups is 1. The fourth-order valence-electron chi connectivity index (χ4n) is 3.68. The van der Waals surface area contributed by atoms with Crippen molar-refractivity contribution in [1.29, 1.82) is 5.41 Å². The quantitative estimate of drug-likeness (QED) is 0.382. The molecular formula is C23H30ClN4O3-. The number of halogens is 1. The van der Waals surface area contributed by atoms with E-state index in [-0.39, 0.29) is 18.2 Å². The maximum atomic E-state index is 11.8. The van der Waals surface area contributed by atoms with Crippen molar-refractivity contribution in [2.75, 3.05) is 31.6 Å². The number of nitrogens with two attached hydrogens (primary N) is 1. The highest BCUT2D eigenvalue weighted by Gasteiger charge is 2.16. The monoisotopic (exact) mass is 445 g/mol. The molecule has 1 heterocycles. The number of nitrogen functional groups attached to an aromatic ring is 1. The van der Waals surface area contributed by atoms with Gasteiger partial charge in [-0.1, -0.05) is 13.0 Å². The Morgan fingerprint density at radius 3 is 2.48 bits per heavy atom. The highest BCUT2D eigenvalue weighted by atomic mass is 35.5. The number of aliphatic carboxylic acids is 1. The van der Waals surface area contributed by atoms with Gasteiger partial charge in [0, 0.05) is 17.8 Å². The Kier molecular flexibility index (Phi) is 9.15. The zero-order chi connectivity index (χ0) is 21.5. The van der Waals surface area contributed by atoms with Crippen molar-refractivity contribution in [2.24, 2.45) is 5.73 Å². The molecule has 1 aliphatic heterocycles. The van der Waals surface area contributed by atoms with E-state index in [9.17, 15) is 9.90 Å². The Morgan fingerprint density at radius 1 is 1.23 bits per heavy atom. The predicted octanol–water partition coefficient (Wildman–Crippen LogP) is 2.33. The first-order chi connectivity index (χ1) is 14.5. The Balaban J connectivity index is 0.00000341. The number of hydrogen-bond acceptors (Lipinski definition) is 6. The van der Waals surface area contributed by atoms with Crippen molar-refractivity contribution in [3.05, 3.63) is 59.2 Å².